The molecule has 2 rings (SSSR count). The Labute approximate surface area is 162 Å². The molecular formula is C17H16F3NO5S2. The van der Waals surface area contributed by atoms with Crippen molar-refractivity contribution in [3.8, 4) is 0 Å². The number of carbonyl (C=O) groups is 1. The normalized spacial score (nSPS) is 19.1. The number of alkyl halides is 3. The van der Waals surface area contributed by atoms with Gasteiger partial charge in [0.15, 0.2) is 16.8 Å². The summed E-state index contributed by atoms with van der Waals surface area (Å²) < 4.78 is 78.9. The van der Waals surface area contributed by atoms with Gasteiger partial charge in [0, 0.05) is 24.3 Å². The highest BCUT2D eigenvalue weighted by Gasteiger charge is 2.48. The molecule has 0 saturated heterocycles. The minimum Gasteiger partial charge on any atom is -0.376 e. The number of rotatable bonds is 4. The second-order valence-electron chi connectivity index (χ2n) is 5.61. The molecule has 1 aromatic rings. The summed E-state index contributed by atoms with van der Waals surface area (Å²) in [5.41, 5.74) is -5.02. The third-order valence-corrected chi connectivity index (χ3v) is 6.20. The molecule has 0 N–H and O–H groups in total. The van der Waals surface area contributed by atoms with Gasteiger partial charge in [0.2, 0.25) is 0 Å². The van der Waals surface area contributed by atoms with Crippen LogP contribution in [0.3, 0.4) is 0 Å². The quantitative estimate of drug-likeness (QED) is 0.313. The van der Waals surface area contributed by atoms with Crippen LogP contribution in [0.5, 0.6) is 0 Å². The zero-order valence-corrected chi connectivity index (χ0v) is 16.6. The van der Waals surface area contributed by atoms with Gasteiger partial charge in [0.1, 0.15) is 5.76 Å². The average Bonchev–Trinajstić information content (AvgIpc) is 2.67. The number of anilines is 1. The van der Waals surface area contributed by atoms with Gasteiger partial charge in [0.25, 0.3) is 0 Å². The number of halogens is 3. The lowest BCUT2D eigenvalue weighted by atomic mass is 10.0. The fourth-order valence-electron chi connectivity index (χ4n) is 2.35. The van der Waals surface area contributed by atoms with Gasteiger partial charge >= 0.3 is 15.6 Å². The molecule has 1 heterocycles. The first kappa shape index (κ1) is 21.9. The summed E-state index contributed by atoms with van der Waals surface area (Å²) in [6, 6.07) is 6.35. The van der Waals surface area contributed by atoms with E-state index in [1.807, 2.05) is 0 Å². The fraction of sp³-hybridized carbons (Fsp3) is 0.235. The molecule has 152 valence electrons. The third-order valence-electron chi connectivity index (χ3n) is 3.73. The van der Waals surface area contributed by atoms with Crippen molar-refractivity contribution in [2.75, 3.05) is 11.4 Å². The molecule has 1 aliphatic rings. The van der Waals surface area contributed by atoms with Gasteiger partial charge in [-0.05, 0) is 32.1 Å². The van der Waals surface area contributed by atoms with E-state index in [1.165, 1.54) is 37.3 Å². The standard InChI is InChI=1S/C17H16F3NO5S2/c1-4-7-12(26-28(24,25)17(18,19)20)10-15-11(2)16(22)13-8-5-6-9-14(13)21(3)27(15)23/h4-10H,1-3H3/b7-4-,12-10+. The van der Waals surface area contributed by atoms with Gasteiger partial charge in [0.05, 0.1) is 10.6 Å². The van der Waals surface area contributed by atoms with E-state index in [2.05, 4.69) is 4.18 Å². The average molecular weight is 435 g/mol. The van der Waals surface area contributed by atoms with Gasteiger partial charge < -0.3 is 4.18 Å². The Morgan fingerprint density at radius 2 is 1.86 bits per heavy atom. The SMILES string of the molecule is C/C=C\C(=C/C1=C(C)C(=O)c2ccccc2N(C)S1=O)OS(=O)(=O)C(F)(F)F. The maximum atomic E-state index is 12.9. The van der Waals surface area contributed by atoms with E-state index in [4.69, 9.17) is 0 Å². The predicted molar refractivity (Wildman–Crippen MR) is 99.0 cm³/mol. The van der Waals surface area contributed by atoms with Gasteiger partial charge in [-0.1, -0.05) is 18.2 Å². The maximum absolute atomic E-state index is 12.9. The van der Waals surface area contributed by atoms with E-state index in [-0.39, 0.29) is 16.0 Å². The van der Waals surface area contributed by atoms with Crippen molar-refractivity contribution >= 4 is 32.6 Å². The molecule has 0 fully saturated rings. The van der Waals surface area contributed by atoms with Crippen LogP contribution in [0.25, 0.3) is 0 Å². The summed E-state index contributed by atoms with van der Waals surface area (Å²) >= 11 is 0. The molecular weight excluding hydrogens is 419 g/mol. The Hall–Kier alpha value is -2.40. The smallest absolute Gasteiger partial charge is 0.376 e. The van der Waals surface area contributed by atoms with E-state index in [1.54, 1.807) is 18.2 Å². The Bertz CT molecular complexity index is 1020. The van der Waals surface area contributed by atoms with E-state index in [0.717, 1.165) is 12.2 Å². The Morgan fingerprint density at radius 3 is 2.43 bits per heavy atom. The molecule has 0 amide bonds. The molecule has 0 radical (unpaired) electrons. The number of hydrogen-bond acceptors (Lipinski definition) is 5. The number of nitrogens with zero attached hydrogens (tertiary/aromatic N) is 1. The molecule has 1 unspecified atom stereocenters. The van der Waals surface area contributed by atoms with Crippen LogP contribution in [-0.2, 0) is 25.3 Å². The van der Waals surface area contributed by atoms with Crippen LogP contribution < -0.4 is 4.31 Å². The number of ketones is 1. The van der Waals surface area contributed by atoms with Crippen molar-refractivity contribution in [1.82, 2.24) is 0 Å². The summed E-state index contributed by atoms with van der Waals surface area (Å²) in [6.07, 6.45) is 3.06. The molecule has 28 heavy (non-hydrogen) atoms. The van der Waals surface area contributed by atoms with Gasteiger partial charge in [-0.2, -0.15) is 21.6 Å². The van der Waals surface area contributed by atoms with Crippen molar-refractivity contribution < 1.29 is 34.8 Å². The molecule has 1 aliphatic heterocycles. The largest absolute Gasteiger partial charge is 0.534 e. The van der Waals surface area contributed by atoms with E-state index in [9.17, 15) is 30.6 Å². The van der Waals surface area contributed by atoms with Crippen LogP contribution in [0.4, 0.5) is 18.9 Å². The molecule has 6 nitrogen and oxygen atoms in total. The zero-order chi connectivity index (χ0) is 21.3. The number of fused-ring (bicyclic) bond motifs is 1. The van der Waals surface area contributed by atoms with Crippen LogP contribution in [0.15, 0.2) is 58.7 Å². The minimum absolute atomic E-state index is 0.00913. The monoisotopic (exact) mass is 435 g/mol. The summed E-state index contributed by atoms with van der Waals surface area (Å²) in [5.74, 6) is -1.22. The van der Waals surface area contributed by atoms with Crippen molar-refractivity contribution in [1.29, 1.82) is 0 Å². The van der Waals surface area contributed by atoms with Crippen LogP contribution in [0, 0.1) is 0 Å². The lowest BCUT2D eigenvalue weighted by Gasteiger charge is -2.18. The minimum atomic E-state index is -5.93. The molecule has 0 aliphatic carbocycles. The van der Waals surface area contributed by atoms with E-state index < -0.39 is 38.2 Å². The highest BCUT2D eigenvalue weighted by atomic mass is 32.2. The summed E-state index contributed by atoms with van der Waals surface area (Å²) in [6.45, 7) is 2.78. The van der Waals surface area contributed by atoms with E-state index in [0.29, 0.717) is 5.69 Å². The number of carbonyl (C=O) groups excluding carboxylic acids is 1. The van der Waals surface area contributed by atoms with Crippen LogP contribution in [0.2, 0.25) is 0 Å². The maximum Gasteiger partial charge on any atom is 0.534 e. The lowest BCUT2D eigenvalue weighted by molar-refractivity contribution is -0.0519. The van der Waals surface area contributed by atoms with Crippen molar-refractivity contribution in [3.63, 3.8) is 0 Å². The molecule has 0 spiro atoms. The molecule has 0 aromatic heterocycles. The Balaban J connectivity index is 2.62. The van der Waals surface area contributed by atoms with Crippen LogP contribution in [0.1, 0.15) is 24.2 Å². The van der Waals surface area contributed by atoms with Gasteiger partial charge in [-0.25, -0.2) is 4.21 Å². The van der Waals surface area contributed by atoms with Crippen molar-refractivity contribution in [3.05, 3.63) is 64.3 Å². The Kier molecular flexibility index (Phi) is 6.19. The summed E-state index contributed by atoms with van der Waals surface area (Å²) in [5, 5.41) is 0. The highest BCUT2D eigenvalue weighted by Crippen LogP contribution is 2.33. The Morgan fingerprint density at radius 1 is 1.25 bits per heavy atom. The van der Waals surface area contributed by atoms with Crippen LogP contribution >= 0.6 is 0 Å². The molecule has 1 aromatic carbocycles. The number of hydrogen-bond donors (Lipinski definition) is 0. The first-order chi connectivity index (χ1) is 12.9. The van der Waals surface area contributed by atoms with Crippen LogP contribution in [-0.4, -0.2) is 31.0 Å². The second kappa shape index (κ2) is 7.92. The number of Topliss-reactive ketones (excluding diaryl/α,β-unsaturated/α-hetero) is 1. The fourth-order valence-corrected chi connectivity index (χ4v) is 4.00. The summed E-state index contributed by atoms with van der Waals surface area (Å²) in [7, 11) is -6.49. The van der Waals surface area contributed by atoms with E-state index >= 15 is 0 Å². The molecule has 0 bridgehead atoms. The molecule has 1 atom stereocenters. The topological polar surface area (TPSA) is 80.8 Å². The predicted octanol–water partition coefficient (Wildman–Crippen LogP) is 3.58. The number of para-hydroxylation sites is 1. The number of benzene rings is 1. The molecule has 0 saturated carbocycles. The molecule has 11 heteroatoms. The zero-order valence-electron chi connectivity index (χ0n) is 15.0. The highest BCUT2D eigenvalue weighted by molar-refractivity contribution is 7.90. The lowest BCUT2D eigenvalue weighted by Crippen LogP contribution is -2.25. The summed E-state index contributed by atoms with van der Waals surface area (Å²) in [4.78, 5) is 12.5. The first-order valence-corrected chi connectivity index (χ1v) is 10.3. The van der Waals surface area contributed by atoms with Crippen molar-refractivity contribution in [2.45, 2.75) is 19.4 Å². The first-order valence-electron chi connectivity index (χ1n) is 7.76. The van der Waals surface area contributed by atoms with Crippen molar-refractivity contribution in [2.24, 2.45) is 0 Å². The number of allylic oxidation sites excluding steroid dienone is 4. The van der Waals surface area contributed by atoms with Gasteiger partial charge in [-0.15, -0.1) is 0 Å². The van der Waals surface area contributed by atoms with Gasteiger partial charge in [-0.3, -0.25) is 9.10 Å². The second-order valence-corrected chi connectivity index (χ2v) is 8.64. The third kappa shape index (κ3) is 4.20.